The SMILES string of the molecule is CNC(=O)[C@H](CC(C)(C)C#Cc1ccccc1)NC(=O)OCc1ccccc1. The van der Waals surface area contributed by atoms with Gasteiger partial charge in [0.15, 0.2) is 0 Å². The third-order valence-corrected chi connectivity index (χ3v) is 4.10. The largest absolute Gasteiger partial charge is 0.445 e. The zero-order chi connectivity index (χ0) is 20.4. The fourth-order valence-electron chi connectivity index (χ4n) is 2.61. The summed E-state index contributed by atoms with van der Waals surface area (Å²) < 4.78 is 5.23. The number of hydrogen-bond donors (Lipinski definition) is 2. The third kappa shape index (κ3) is 7.16. The maximum Gasteiger partial charge on any atom is 0.408 e. The van der Waals surface area contributed by atoms with E-state index in [0.29, 0.717) is 6.42 Å². The molecule has 0 saturated carbocycles. The van der Waals surface area contributed by atoms with Crippen LogP contribution in [0.5, 0.6) is 0 Å². The summed E-state index contributed by atoms with van der Waals surface area (Å²) in [6, 6.07) is 18.3. The van der Waals surface area contributed by atoms with Gasteiger partial charge in [0.05, 0.1) is 0 Å². The smallest absolute Gasteiger partial charge is 0.408 e. The zero-order valence-corrected chi connectivity index (χ0v) is 16.5. The van der Waals surface area contributed by atoms with Crippen molar-refractivity contribution in [3.8, 4) is 11.8 Å². The summed E-state index contributed by atoms with van der Waals surface area (Å²) in [5, 5.41) is 5.23. The Labute approximate surface area is 166 Å². The molecule has 2 aromatic rings. The van der Waals surface area contributed by atoms with Crippen molar-refractivity contribution in [1.29, 1.82) is 0 Å². The summed E-state index contributed by atoms with van der Waals surface area (Å²) in [6.45, 7) is 4.02. The lowest BCUT2D eigenvalue weighted by molar-refractivity contribution is -0.123. The van der Waals surface area contributed by atoms with Crippen LogP contribution in [-0.4, -0.2) is 25.1 Å². The Bertz CT molecular complexity index is 836. The summed E-state index contributed by atoms with van der Waals surface area (Å²) in [4.78, 5) is 24.4. The van der Waals surface area contributed by atoms with E-state index >= 15 is 0 Å². The van der Waals surface area contributed by atoms with Crippen molar-refractivity contribution >= 4 is 12.0 Å². The van der Waals surface area contributed by atoms with Crippen LogP contribution in [-0.2, 0) is 16.1 Å². The van der Waals surface area contributed by atoms with Gasteiger partial charge in [-0.2, -0.15) is 0 Å². The molecule has 5 heteroatoms. The maximum absolute atomic E-state index is 12.2. The van der Waals surface area contributed by atoms with Gasteiger partial charge in [0, 0.05) is 18.0 Å². The molecule has 0 spiro atoms. The van der Waals surface area contributed by atoms with Crippen molar-refractivity contribution < 1.29 is 14.3 Å². The molecule has 0 saturated heterocycles. The number of hydrogen-bond acceptors (Lipinski definition) is 3. The fraction of sp³-hybridized carbons (Fsp3) is 0.304. The summed E-state index contributed by atoms with van der Waals surface area (Å²) in [5.41, 5.74) is 1.30. The number of nitrogens with one attached hydrogen (secondary N) is 2. The molecule has 146 valence electrons. The number of carbonyl (C=O) groups is 2. The highest BCUT2D eigenvalue weighted by molar-refractivity contribution is 5.85. The predicted molar refractivity (Wildman–Crippen MR) is 109 cm³/mol. The Morgan fingerprint density at radius 3 is 2.25 bits per heavy atom. The van der Waals surface area contributed by atoms with E-state index in [9.17, 15) is 9.59 Å². The minimum absolute atomic E-state index is 0.143. The summed E-state index contributed by atoms with van der Waals surface area (Å²) in [5.74, 6) is 6.03. The molecule has 0 fully saturated rings. The first kappa shape index (κ1) is 21.0. The second-order valence-corrected chi connectivity index (χ2v) is 7.08. The number of rotatable bonds is 6. The monoisotopic (exact) mass is 378 g/mol. The number of alkyl carbamates (subject to hydrolysis) is 1. The van der Waals surface area contributed by atoms with E-state index in [-0.39, 0.29) is 12.5 Å². The highest BCUT2D eigenvalue weighted by atomic mass is 16.5. The third-order valence-electron chi connectivity index (χ3n) is 4.10. The van der Waals surface area contributed by atoms with Crippen LogP contribution in [0.4, 0.5) is 4.79 Å². The van der Waals surface area contributed by atoms with E-state index in [0.717, 1.165) is 11.1 Å². The molecule has 1 atom stereocenters. The van der Waals surface area contributed by atoms with Gasteiger partial charge in [0.25, 0.3) is 0 Å². The Kier molecular flexibility index (Phi) is 7.65. The van der Waals surface area contributed by atoms with Crippen LogP contribution in [0.2, 0.25) is 0 Å². The van der Waals surface area contributed by atoms with Crippen LogP contribution < -0.4 is 10.6 Å². The zero-order valence-electron chi connectivity index (χ0n) is 16.5. The summed E-state index contributed by atoms with van der Waals surface area (Å²) in [6.07, 6.45) is -0.281. The first-order valence-corrected chi connectivity index (χ1v) is 9.17. The van der Waals surface area contributed by atoms with E-state index in [4.69, 9.17) is 4.74 Å². The predicted octanol–water partition coefficient (Wildman–Crippen LogP) is 3.50. The second kappa shape index (κ2) is 10.2. The molecule has 5 nitrogen and oxygen atoms in total. The van der Waals surface area contributed by atoms with Gasteiger partial charge in [0.2, 0.25) is 5.91 Å². The number of amides is 2. The molecule has 0 aliphatic rings. The minimum atomic E-state index is -0.742. The molecular formula is C23H26N2O3. The lowest BCUT2D eigenvalue weighted by Crippen LogP contribution is -2.47. The Hall–Kier alpha value is -3.26. The molecule has 0 unspecified atom stereocenters. The van der Waals surface area contributed by atoms with Gasteiger partial charge in [-0.25, -0.2) is 4.79 Å². The van der Waals surface area contributed by atoms with Crippen LogP contribution in [0, 0.1) is 17.3 Å². The van der Waals surface area contributed by atoms with Crippen molar-refractivity contribution in [3.63, 3.8) is 0 Å². The van der Waals surface area contributed by atoms with Crippen molar-refractivity contribution in [1.82, 2.24) is 10.6 Å². The van der Waals surface area contributed by atoms with Crippen LogP contribution in [0.1, 0.15) is 31.4 Å². The molecule has 2 aromatic carbocycles. The molecule has 0 aromatic heterocycles. The van der Waals surface area contributed by atoms with Crippen molar-refractivity contribution in [3.05, 3.63) is 71.8 Å². The Morgan fingerprint density at radius 1 is 1.04 bits per heavy atom. The quantitative estimate of drug-likeness (QED) is 0.756. The molecule has 2 rings (SSSR count). The van der Waals surface area contributed by atoms with Gasteiger partial charge in [-0.3, -0.25) is 4.79 Å². The van der Waals surface area contributed by atoms with Crippen LogP contribution >= 0.6 is 0 Å². The number of likely N-dealkylation sites (N-methyl/N-ethyl adjacent to an activating group) is 1. The highest BCUT2D eigenvalue weighted by Gasteiger charge is 2.28. The highest BCUT2D eigenvalue weighted by Crippen LogP contribution is 2.22. The van der Waals surface area contributed by atoms with E-state index in [1.54, 1.807) is 0 Å². The van der Waals surface area contributed by atoms with Crippen molar-refractivity contribution in [2.75, 3.05) is 7.05 Å². The van der Waals surface area contributed by atoms with Crippen LogP contribution in [0.25, 0.3) is 0 Å². The Balaban J connectivity index is 1.99. The first-order chi connectivity index (χ1) is 13.4. The van der Waals surface area contributed by atoms with E-state index in [2.05, 4.69) is 22.5 Å². The van der Waals surface area contributed by atoms with Gasteiger partial charge in [-0.05, 0) is 38.0 Å². The number of ether oxygens (including phenoxy) is 1. The van der Waals surface area contributed by atoms with Crippen molar-refractivity contribution in [2.24, 2.45) is 5.41 Å². The average Bonchev–Trinajstić information content (AvgIpc) is 2.71. The molecule has 2 N–H and O–H groups in total. The molecule has 2 amide bonds. The van der Waals surface area contributed by atoms with Gasteiger partial charge in [0.1, 0.15) is 12.6 Å². The average molecular weight is 378 g/mol. The molecule has 0 bridgehead atoms. The van der Waals surface area contributed by atoms with Crippen LogP contribution in [0.3, 0.4) is 0 Å². The first-order valence-electron chi connectivity index (χ1n) is 9.17. The molecule has 0 aliphatic heterocycles. The summed E-state index contributed by atoms with van der Waals surface area (Å²) >= 11 is 0. The lowest BCUT2D eigenvalue weighted by Gasteiger charge is -2.24. The number of carbonyl (C=O) groups excluding carboxylic acids is 2. The summed E-state index contributed by atoms with van der Waals surface area (Å²) in [7, 11) is 1.54. The molecule has 0 radical (unpaired) electrons. The van der Waals surface area contributed by atoms with E-state index in [1.807, 2.05) is 74.5 Å². The number of benzene rings is 2. The van der Waals surface area contributed by atoms with Gasteiger partial charge >= 0.3 is 6.09 Å². The Morgan fingerprint density at radius 2 is 1.64 bits per heavy atom. The maximum atomic E-state index is 12.2. The normalized spacial score (nSPS) is 11.5. The van der Waals surface area contributed by atoms with E-state index < -0.39 is 17.6 Å². The second-order valence-electron chi connectivity index (χ2n) is 7.08. The topological polar surface area (TPSA) is 67.4 Å². The van der Waals surface area contributed by atoms with Gasteiger partial charge in [-0.1, -0.05) is 60.4 Å². The van der Waals surface area contributed by atoms with E-state index in [1.165, 1.54) is 7.05 Å². The molecule has 0 aliphatic carbocycles. The van der Waals surface area contributed by atoms with Gasteiger partial charge < -0.3 is 15.4 Å². The minimum Gasteiger partial charge on any atom is -0.445 e. The van der Waals surface area contributed by atoms with Crippen LogP contribution in [0.15, 0.2) is 60.7 Å². The standard InChI is InChI=1S/C23H26N2O3/c1-23(2,15-14-18-10-6-4-7-11-18)16-20(21(26)24-3)25-22(27)28-17-19-12-8-5-9-13-19/h4-13,20H,16-17H2,1-3H3,(H,24,26)(H,25,27)/t20-/m0/s1. The molecular weight excluding hydrogens is 352 g/mol. The van der Waals surface area contributed by atoms with Gasteiger partial charge in [-0.15, -0.1) is 0 Å². The lowest BCUT2D eigenvalue weighted by atomic mass is 9.85. The molecule has 28 heavy (non-hydrogen) atoms. The molecule has 0 heterocycles. The fourth-order valence-corrected chi connectivity index (χ4v) is 2.61. The van der Waals surface area contributed by atoms with Crippen molar-refractivity contribution in [2.45, 2.75) is 32.9 Å².